The predicted molar refractivity (Wildman–Crippen MR) is 84.9 cm³/mol. The van der Waals surface area contributed by atoms with Crippen LogP contribution in [0.25, 0.3) is 0 Å². The molecule has 0 fully saturated rings. The molecule has 2 aromatic rings. The molecular weight excluding hydrogens is 380 g/mol. The summed E-state index contributed by atoms with van der Waals surface area (Å²) >= 11 is 8.10. The lowest BCUT2D eigenvalue weighted by Crippen LogP contribution is -2.17. The molecule has 0 saturated heterocycles. The number of amidine groups is 1. The average molecular weight is 390 g/mol. The van der Waals surface area contributed by atoms with Crippen molar-refractivity contribution in [1.82, 2.24) is 0 Å². The third-order valence-corrected chi connectivity index (χ3v) is 3.40. The van der Waals surface area contributed by atoms with Gasteiger partial charge in [-0.3, -0.25) is 5.43 Å². The Morgan fingerprint density at radius 1 is 1.21 bits per heavy atom. The summed E-state index contributed by atoms with van der Waals surface area (Å²) in [5, 5.41) is 4.16. The fraction of sp³-hybridized carbons (Fsp3) is 0. The van der Waals surface area contributed by atoms with Gasteiger partial charge in [-0.25, -0.2) is 4.39 Å². The van der Waals surface area contributed by atoms with Crippen molar-refractivity contribution < 1.29 is 4.39 Å². The minimum atomic E-state index is -0.502. The third kappa shape index (κ3) is 3.57. The number of rotatable bonds is 3. The Balaban J connectivity index is 2.22. The van der Waals surface area contributed by atoms with Crippen molar-refractivity contribution in [2.45, 2.75) is 0 Å². The van der Waals surface area contributed by atoms with Crippen LogP contribution in [0.2, 0.25) is 5.02 Å². The summed E-state index contributed by atoms with van der Waals surface area (Å²) in [5.41, 5.74) is 9.35. The van der Waals surface area contributed by atoms with Crippen LogP contribution in [0.3, 0.4) is 0 Å². The first-order chi connectivity index (χ1) is 9.08. The van der Waals surface area contributed by atoms with Gasteiger partial charge in [0.05, 0.1) is 16.3 Å². The van der Waals surface area contributed by atoms with E-state index < -0.39 is 5.82 Å². The zero-order valence-corrected chi connectivity index (χ0v) is 12.6. The van der Waals surface area contributed by atoms with Gasteiger partial charge in [0.1, 0.15) is 5.82 Å². The lowest BCUT2D eigenvalue weighted by atomic mass is 10.2. The molecule has 0 bridgehead atoms. The maximum absolute atomic E-state index is 13.6. The van der Waals surface area contributed by atoms with Crippen molar-refractivity contribution in [3.05, 3.63) is 62.4 Å². The molecule has 6 heteroatoms. The van der Waals surface area contributed by atoms with Crippen LogP contribution >= 0.6 is 34.2 Å². The Labute approximate surface area is 128 Å². The van der Waals surface area contributed by atoms with Crippen LogP contribution in [0.15, 0.2) is 47.6 Å². The number of hydrogen-bond donors (Lipinski definition) is 2. The minimum Gasteiger partial charge on any atom is -0.382 e. The van der Waals surface area contributed by atoms with Gasteiger partial charge in [-0.2, -0.15) is 5.10 Å². The summed E-state index contributed by atoms with van der Waals surface area (Å²) in [7, 11) is 0. The summed E-state index contributed by atoms with van der Waals surface area (Å²) in [4.78, 5) is 0. The maximum atomic E-state index is 13.6. The molecule has 0 amide bonds. The number of anilines is 1. The normalized spacial score (nSPS) is 11.4. The second-order valence-electron chi connectivity index (χ2n) is 3.71. The number of hydrazone groups is 1. The van der Waals surface area contributed by atoms with Crippen LogP contribution in [0, 0.1) is 9.39 Å². The fourth-order valence-corrected chi connectivity index (χ4v) is 2.07. The molecule has 0 aliphatic heterocycles. The topological polar surface area (TPSA) is 50.4 Å². The average Bonchev–Trinajstić information content (AvgIpc) is 2.38. The molecule has 0 atom stereocenters. The van der Waals surface area contributed by atoms with Crippen molar-refractivity contribution in [2.75, 3.05) is 5.43 Å². The molecule has 0 aromatic heterocycles. The number of nitrogens with zero attached hydrogens (tertiary/aromatic N) is 1. The van der Waals surface area contributed by atoms with Gasteiger partial charge >= 0.3 is 0 Å². The van der Waals surface area contributed by atoms with Crippen molar-refractivity contribution in [2.24, 2.45) is 10.8 Å². The molecule has 2 aromatic carbocycles. The smallest absolute Gasteiger partial charge is 0.155 e. The molecule has 19 heavy (non-hydrogen) atoms. The molecule has 0 aliphatic carbocycles. The zero-order valence-electron chi connectivity index (χ0n) is 9.70. The van der Waals surface area contributed by atoms with Crippen molar-refractivity contribution in [1.29, 1.82) is 0 Å². The van der Waals surface area contributed by atoms with Crippen molar-refractivity contribution in [3.8, 4) is 0 Å². The molecule has 0 aliphatic rings. The Hall–Kier alpha value is -1.34. The predicted octanol–water partition coefficient (Wildman–Crippen LogP) is 3.82. The van der Waals surface area contributed by atoms with Gasteiger partial charge in [0.25, 0.3) is 0 Å². The second kappa shape index (κ2) is 6.21. The van der Waals surface area contributed by atoms with Crippen LogP contribution in [-0.4, -0.2) is 5.84 Å². The highest BCUT2D eigenvalue weighted by molar-refractivity contribution is 14.1. The number of halogens is 3. The van der Waals surface area contributed by atoms with E-state index in [2.05, 4.69) is 33.1 Å². The summed E-state index contributed by atoms with van der Waals surface area (Å²) in [6.45, 7) is 0. The third-order valence-electron chi connectivity index (χ3n) is 2.37. The SMILES string of the molecule is NC(=NNc1ccc(I)cc1)c1c(F)cccc1Cl. The molecule has 0 radical (unpaired) electrons. The standard InChI is InChI=1S/C13H10ClFIN3/c14-10-2-1-3-11(15)12(10)13(17)19-18-9-6-4-8(16)5-7-9/h1-7,18H,(H2,17,19). The molecular formula is C13H10ClFIN3. The van der Waals surface area contributed by atoms with Crippen molar-refractivity contribution >= 4 is 45.7 Å². The molecule has 3 nitrogen and oxygen atoms in total. The Morgan fingerprint density at radius 2 is 1.89 bits per heavy atom. The van der Waals surface area contributed by atoms with Crippen LogP contribution in [-0.2, 0) is 0 Å². The molecule has 2 rings (SSSR count). The second-order valence-corrected chi connectivity index (χ2v) is 5.37. The van der Waals surface area contributed by atoms with E-state index in [9.17, 15) is 4.39 Å². The highest BCUT2D eigenvalue weighted by Gasteiger charge is 2.10. The van der Waals surface area contributed by atoms with E-state index in [0.717, 1.165) is 9.26 Å². The van der Waals surface area contributed by atoms with Gasteiger partial charge in [-0.1, -0.05) is 17.7 Å². The first kappa shape index (κ1) is 14.1. The molecule has 3 N–H and O–H groups in total. The van der Waals surface area contributed by atoms with Crippen LogP contribution in [0.5, 0.6) is 0 Å². The van der Waals surface area contributed by atoms with Crippen molar-refractivity contribution in [3.63, 3.8) is 0 Å². The quantitative estimate of drug-likeness (QED) is 0.363. The Kier molecular flexibility index (Phi) is 4.60. The monoisotopic (exact) mass is 389 g/mol. The number of benzene rings is 2. The number of nitrogens with two attached hydrogens (primary N) is 1. The van der Waals surface area contributed by atoms with Gasteiger partial charge in [0, 0.05) is 3.57 Å². The van der Waals surface area contributed by atoms with E-state index >= 15 is 0 Å². The lowest BCUT2D eigenvalue weighted by Gasteiger charge is -2.06. The molecule has 98 valence electrons. The fourth-order valence-electron chi connectivity index (χ4n) is 1.45. The maximum Gasteiger partial charge on any atom is 0.155 e. The molecule has 0 spiro atoms. The van der Waals surface area contributed by atoms with E-state index in [4.69, 9.17) is 17.3 Å². The van der Waals surface area contributed by atoms with E-state index in [1.165, 1.54) is 12.1 Å². The van der Waals surface area contributed by atoms with E-state index in [1.807, 2.05) is 24.3 Å². The van der Waals surface area contributed by atoms with Gasteiger partial charge in [-0.05, 0) is 59.0 Å². The van der Waals surface area contributed by atoms with Crippen LogP contribution in [0.1, 0.15) is 5.56 Å². The van der Waals surface area contributed by atoms with E-state index in [0.29, 0.717) is 0 Å². The highest BCUT2D eigenvalue weighted by Crippen LogP contribution is 2.18. The first-order valence-corrected chi connectivity index (χ1v) is 6.82. The summed E-state index contributed by atoms with van der Waals surface area (Å²) in [6.07, 6.45) is 0. The number of nitrogens with one attached hydrogen (secondary N) is 1. The van der Waals surface area contributed by atoms with E-state index in [1.54, 1.807) is 6.07 Å². The molecule has 0 saturated carbocycles. The van der Waals surface area contributed by atoms with Crippen LogP contribution in [0.4, 0.5) is 10.1 Å². The van der Waals surface area contributed by atoms with Gasteiger partial charge in [0.2, 0.25) is 0 Å². The Bertz CT molecular complexity index is 594. The minimum absolute atomic E-state index is 0.00153. The summed E-state index contributed by atoms with van der Waals surface area (Å²) < 4.78 is 14.7. The number of hydrogen-bond acceptors (Lipinski definition) is 2. The molecule has 0 heterocycles. The van der Waals surface area contributed by atoms with E-state index in [-0.39, 0.29) is 16.4 Å². The van der Waals surface area contributed by atoms with Crippen LogP contribution < -0.4 is 11.2 Å². The highest BCUT2D eigenvalue weighted by atomic mass is 127. The molecule has 0 unspecified atom stereocenters. The van der Waals surface area contributed by atoms with Gasteiger partial charge in [0.15, 0.2) is 5.84 Å². The largest absolute Gasteiger partial charge is 0.382 e. The first-order valence-electron chi connectivity index (χ1n) is 5.37. The Morgan fingerprint density at radius 3 is 2.53 bits per heavy atom. The van der Waals surface area contributed by atoms with Gasteiger partial charge in [-0.15, -0.1) is 0 Å². The zero-order chi connectivity index (χ0) is 13.8. The lowest BCUT2D eigenvalue weighted by molar-refractivity contribution is 0.625. The summed E-state index contributed by atoms with van der Waals surface area (Å²) in [6, 6.07) is 11.9. The summed E-state index contributed by atoms with van der Waals surface area (Å²) in [5.74, 6) is -0.500. The van der Waals surface area contributed by atoms with Gasteiger partial charge < -0.3 is 5.73 Å².